The van der Waals surface area contributed by atoms with Crippen molar-refractivity contribution in [1.82, 2.24) is 10.7 Å². The van der Waals surface area contributed by atoms with Crippen LogP contribution < -0.4 is 10.7 Å². The lowest BCUT2D eigenvalue weighted by Crippen LogP contribution is -2.29. The van der Waals surface area contributed by atoms with Crippen molar-refractivity contribution in [3.8, 4) is 0 Å². The number of hydrogen-bond donors (Lipinski definition) is 3. The monoisotopic (exact) mass is 174 g/mol. The molecule has 0 amide bonds. The molecule has 0 rings (SSSR count). The molecule has 0 aromatic carbocycles. The molecule has 0 fully saturated rings. The summed E-state index contributed by atoms with van der Waals surface area (Å²) < 4.78 is 0. The van der Waals surface area contributed by atoms with Gasteiger partial charge in [-0.05, 0) is 19.1 Å². The molecule has 0 bridgehead atoms. The second-order valence-electron chi connectivity index (χ2n) is 1.69. The lowest BCUT2D eigenvalue weighted by Gasteiger charge is -1.99. The SMILES string of the molecule is CNC(=S)N/N=C(C)/C=N/O. The van der Waals surface area contributed by atoms with Crippen LogP contribution in [0.25, 0.3) is 0 Å². The van der Waals surface area contributed by atoms with Gasteiger partial charge in [-0.1, -0.05) is 5.16 Å². The molecule has 11 heavy (non-hydrogen) atoms. The van der Waals surface area contributed by atoms with E-state index < -0.39 is 0 Å². The van der Waals surface area contributed by atoms with Crippen LogP contribution in [-0.4, -0.2) is 29.3 Å². The summed E-state index contributed by atoms with van der Waals surface area (Å²) in [5.41, 5.74) is 3.06. The van der Waals surface area contributed by atoms with Crippen molar-refractivity contribution in [2.75, 3.05) is 7.05 Å². The highest BCUT2D eigenvalue weighted by Crippen LogP contribution is 1.70. The molecular weight excluding hydrogens is 164 g/mol. The van der Waals surface area contributed by atoms with Gasteiger partial charge in [-0.2, -0.15) is 5.10 Å². The van der Waals surface area contributed by atoms with E-state index in [0.29, 0.717) is 10.8 Å². The van der Waals surface area contributed by atoms with Crippen molar-refractivity contribution in [2.24, 2.45) is 10.3 Å². The Morgan fingerprint density at radius 1 is 1.64 bits per heavy atom. The van der Waals surface area contributed by atoms with E-state index in [0.717, 1.165) is 0 Å². The molecule has 0 saturated carbocycles. The average Bonchev–Trinajstić information content (AvgIpc) is 2.01. The molecule has 0 aliphatic carbocycles. The largest absolute Gasteiger partial charge is 0.411 e. The Bertz CT molecular complexity index is 189. The minimum atomic E-state index is 0.413. The molecule has 0 spiro atoms. The predicted molar refractivity (Wildman–Crippen MR) is 48.2 cm³/mol. The van der Waals surface area contributed by atoms with Crippen LogP contribution in [0, 0.1) is 0 Å². The van der Waals surface area contributed by atoms with E-state index in [1.807, 2.05) is 0 Å². The van der Waals surface area contributed by atoms with E-state index >= 15 is 0 Å². The van der Waals surface area contributed by atoms with Crippen molar-refractivity contribution < 1.29 is 5.21 Å². The molecule has 6 heteroatoms. The molecule has 0 aromatic rings. The lowest BCUT2D eigenvalue weighted by atomic mass is 10.5. The molecule has 0 aliphatic rings. The van der Waals surface area contributed by atoms with Crippen LogP contribution in [0.3, 0.4) is 0 Å². The van der Waals surface area contributed by atoms with E-state index in [4.69, 9.17) is 17.4 Å². The Balaban J connectivity index is 3.82. The summed E-state index contributed by atoms with van der Waals surface area (Å²) in [7, 11) is 1.68. The topological polar surface area (TPSA) is 69.0 Å². The highest BCUT2D eigenvalue weighted by Gasteiger charge is 1.86. The molecule has 5 nitrogen and oxygen atoms in total. The quantitative estimate of drug-likeness (QED) is 0.237. The molecule has 0 heterocycles. The van der Waals surface area contributed by atoms with Gasteiger partial charge in [-0.25, -0.2) is 0 Å². The van der Waals surface area contributed by atoms with Gasteiger partial charge in [0.25, 0.3) is 0 Å². The fourth-order valence-electron chi connectivity index (χ4n) is 0.307. The van der Waals surface area contributed by atoms with Gasteiger partial charge in [0.1, 0.15) is 0 Å². The second kappa shape index (κ2) is 5.60. The van der Waals surface area contributed by atoms with Gasteiger partial charge in [-0.3, -0.25) is 5.43 Å². The van der Waals surface area contributed by atoms with Gasteiger partial charge in [-0.15, -0.1) is 0 Å². The average molecular weight is 174 g/mol. The Labute approximate surface area is 70.2 Å². The van der Waals surface area contributed by atoms with Gasteiger partial charge in [0, 0.05) is 7.05 Å². The lowest BCUT2D eigenvalue weighted by molar-refractivity contribution is 0.322. The third-order valence-corrected chi connectivity index (χ3v) is 1.10. The molecule has 0 atom stereocenters. The van der Waals surface area contributed by atoms with E-state index in [2.05, 4.69) is 21.0 Å². The van der Waals surface area contributed by atoms with Gasteiger partial charge in [0.2, 0.25) is 0 Å². The molecule has 62 valence electrons. The molecular formula is C5H10N4OS. The van der Waals surface area contributed by atoms with E-state index in [-0.39, 0.29) is 0 Å². The third-order valence-electron chi connectivity index (χ3n) is 0.805. The first-order chi connectivity index (χ1) is 5.20. The minimum Gasteiger partial charge on any atom is -0.411 e. The van der Waals surface area contributed by atoms with Crippen molar-refractivity contribution in [1.29, 1.82) is 0 Å². The molecule has 0 radical (unpaired) electrons. The van der Waals surface area contributed by atoms with Gasteiger partial charge in [0.15, 0.2) is 5.11 Å². The summed E-state index contributed by atoms with van der Waals surface area (Å²) in [6.45, 7) is 1.67. The zero-order valence-electron chi connectivity index (χ0n) is 6.33. The summed E-state index contributed by atoms with van der Waals surface area (Å²) in [6, 6.07) is 0. The van der Waals surface area contributed by atoms with Crippen LogP contribution in [0.1, 0.15) is 6.92 Å². The third kappa shape index (κ3) is 5.28. The first-order valence-electron chi connectivity index (χ1n) is 2.90. The van der Waals surface area contributed by atoms with Crippen molar-refractivity contribution >= 4 is 29.3 Å². The van der Waals surface area contributed by atoms with Crippen molar-refractivity contribution in [3.63, 3.8) is 0 Å². The standard InChI is InChI=1S/C5H10N4OS/c1-4(3-7-10)8-9-5(11)6-2/h3,10H,1-2H3,(H2,6,9,11)/b7-3+,8-4+. The van der Waals surface area contributed by atoms with Crippen LogP contribution in [0.15, 0.2) is 10.3 Å². The van der Waals surface area contributed by atoms with Gasteiger partial charge < -0.3 is 10.5 Å². The fourth-order valence-corrected chi connectivity index (χ4v) is 0.353. The number of thiocarbonyl (C=S) groups is 1. The predicted octanol–water partition coefficient (Wildman–Crippen LogP) is -0.0838. The zero-order valence-corrected chi connectivity index (χ0v) is 7.14. The minimum absolute atomic E-state index is 0.413. The van der Waals surface area contributed by atoms with E-state index in [1.54, 1.807) is 14.0 Å². The first-order valence-corrected chi connectivity index (χ1v) is 3.31. The normalized spacial score (nSPS) is 11.6. The number of nitrogens with one attached hydrogen (secondary N) is 2. The smallest absolute Gasteiger partial charge is 0.186 e. The number of nitrogens with zero attached hydrogens (tertiary/aromatic N) is 2. The van der Waals surface area contributed by atoms with Crippen LogP contribution in [0.5, 0.6) is 0 Å². The van der Waals surface area contributed by atoms with Crippen LogP contribution in [-0.2, 0) is 0 Å². The zero-order chi connectivity index (χ0) is 8.69. The highest BCUT2D eigenvalue weighted by molar-refractivity contribution is 7.80. The number of hydrazone groups is 1. The summed E-state index contributed by atoms with van der Waals surface area (Å²) in [6.07, 6.45) is 1.20. The summed E-state index contributed by atoms with van der Waals surface area (Å²) in [4.78, 5) is 0. The van der Waals surface area contributed by atoms with Gasteiger partial charge in [0.05, 0.1) is 11.9 Å². The summed E-state index contributed by atoms with van der Waals surface area (Å²) in [5, 5.41) is 17.7. The maximum absolute atomic E-state index is 8.07. The van der Waals surface area contributed by atoms with Crippen molar-refractivity contribution in [3.05, 3.63) is 0 Å². The Kier molecular flexibility index (Phi) is 5.01. The van der Waals surface area contributed by atoms with Gasteiger partial charge >= 0.3 is 0 Å². The summed E-state index contributed by atoms with van der Waals surface area (Å²) in [5.74, 6) is 0. The fraction of sp³-hybridized carbons (Fsp3) is 0.400. The molecule has 0 aliphatic heterocycles. The first kappa shape index (κ1) is 9.83. The Hall–Kier alpha value is -1.17. The Morgan fingerprint density at radius 2 is 2.27 bits per heavy atom. The maximum atomic E-state index is 8.07. The molecule has 0 saturated heterocycles. The molecule has 0 aromatic heterocycles. The van der Waals surface area contributed by atoms with E-state index in [9.17, 15) is 0 Å². The second-order valence-corrected chi connectivity index (χ2v) is 2.10. The molecule has 0 unspecified atom stereocenters. The maximum Gasteiger partial charge on any atom is 0.186 e. The molecule has 3 N–H and O–H groups in total. The number of hydrogen-bond acceptors (Lipinski definition) is 4. The number of rotatable bonds is 2. The number of oxime groups is 1. The van der Waals surface area contributed by atoms with E-state index in [1.165, 1.54) is 6.21 Å². The van der Waals surface area contributed by atoms with Crippen molar-refractivity contribution in [2.45, 2.75) is 6.92 Å². The van der Waals surface area contributed by atoms with Crippen LogP contribution >= 0.6 is 12.2 Å². The Morgan fingerprint density at radius 3 is 2.73 bits per heavy atom. The summed E-state index contributed by atoms with van der Waals surface area (Å²) >= 11 is 4.72. The van der Waals surface area contributed by atoms with Crippen LogP contribution in [0.4, 0.5) is 0 Å². The van der Waals surface area contributed by atoms with Crippen LogP contribution in [0.2, 0.25) is 0 Å². The highest BCUT2D eigenvalue weighted by atomic mass is 32.1.